The van der Waals surface area contributed by atoms with Crippen molar-refractivity contribution >= 4 is 12.2 Å². The number of aryl methyl sites for hydroxylation is 1. The van der Waals surface area contributed by atoms with Gasteiger partial charge in [0.15, 0.2) is 0 Å². The average Bonchev–Trinajstić information content (AvgIpc) is 3.26. The zero-order chi connectivity index (χ0) is 18.8. The molecule has 1 heterocycles. The van der Waals surface area contributed by atoms with E-state index in [1.807, 2.05) is 24.3 Å². The van der Waals surface area contributed by atoms with E-state index in [1.165, 1.54) is 11.1 Å². The molecule has 1 aliphatic rings. The van der Waals surface area contributed by atoms with Crippen molar-refractivity contribution in [2.75, 3.05) is 14.2 Å². The summed E-state index contributed by atoms with van der Waals surface area (Å²) in [5.41, 5.74) is 3.96. The van der Waals surface area contributed by atoms with Crippen LogP contribution in [0.4, 0.5) is 0 Å². The van der Waals surface area contributed by atoms with Crippen LogP contribution in [0.25, 0.3) is 0 Å². The normalized spacial score (nSPS) is 15.9. The molecule has 1 aromatic heterocycles. The summed E-state index contributed by atoms with van der Waals surface area (Å²) >= 11 is 5.39. The first-order chi connectivity index (χ1) is 13.1. The predicted molar refractivity (Wildman–Crippen MR) is 106 cm³/mol. The number of hydrogen-bond acceptors (Lipinski definition) is 5. The maximum absolute atomic E-state index is 5.72. The number of rotatable bonds is 6. The first-order valence-electron chi connectivity index (χ1n) is 9.12. The third kappa shape index (κ3) is 3.82. The standard InChI is InChI=1S/C21H23N3O2S/c1-23(19-12-9-16-5-3-4-6-18(16)19)14-24-21(27)26-20(22-24)13-15-7-10-17(25-2)11-8-15/h3-8,10-11,19H,9,12-14H2,1-2H3. The lowest BCUT2D eigenvalue weighted by Gasteiger charge is -2.24. The minimum Gasteiger partial charge on any atom is -0.497 e. The summed E-state index contributed by atoms with van der Waals surface area (Å²) in [6.07, 6.45) is 2.86. The largest absolute Gasteiger partial charge is 0.497 e. The number of fused-ring (bicyclic) bond motifs is 1. The second kappa shape index (κ2) is 7.66. The van der Waals surface area contributed by atoms with Crippen molar-refractivity contribution < 1.29 is 9.15 Å². The quantitative estimate of drug-likeness (QED) is 0.593. The van der Waals surface area contributed by atoms with Crippen molar-refractivity contribution in [3.8, 4) is 5.75 Å². The van der Waals surface area contributed by atoms with Gasteiger partial charge in [-0.15, -0.1) is 5.10 Å². The van der Waals surface area contributed by atoms with Crippen molar-refractivity contribution in [1.29, 1.82) is 0 Å². The lowest BCUT2D eigenvalue weighted by molar-refractivity contribution is 0.180. The summed E-state index contributed by atoms with van der Waals surface area (Å²) in [4.78, 5) is 2.71. The van der Waals surface area contributed by atoms with Gasteiger partial charge in [-0.05, 0) is 60.9 Å². The maximum atomic E-state index is 5.72. The molecule has 0 radical (unpaired) electrons. The molecular weight excluding hydrogens is 358 g/mol. The van der Waals surface area contributed by atoms with Crippen LogP contribution in [0.3, 0.4) is 0 Å². The van der Waals surface area contributed by atoms with Crippen LogP contribution < -0.4 is 4.74 Å². The highest BCUT2D eigenvalue weighted by Gasteiger charge is 2.26. The van der Waals surface area contributed by atoms with E-state index < -0.39 is 0 Å². The Morgan fingerprint density at radius 3 is 2.78 bits per heavy atom. The molecule has 3 aromatic rings. The molecule has 0 aliphatic heterocycles. The third-order valence-corrected chi connectivity index (χ3v) is 5.45. The molecule has 1 unspecified atom stereocenters. The summed E-state index contributed by atoms with van der Waals surface area (Å²) in [6.45, 7) is 0.615. The molecule has 0 N–H and O–H groups in total. The number of hydrogen-bond donors (Lipinski definition) is 0. The van der Waals surface area contributed by atoms with Gasteiger partial charge in [-0.25, -0.2) is 4.68 Å². The molecule has 0 spiro atoms. The molecule has 140 valence electrons. The van der Waals surface area contributed by atoms with Gasteiger partial charge in [0.05, 0.1) is 20.2 Å². The molecule has 1 aliphatic carbocycles. The highest BCUT2D eigenvalue weighted by molar-refractivity contribution is 7.71. The summed E-state index contributed by atoms with van der Waals surface area (Å²) in [5, 5.41) is 4.59. The highest BCUT2D eigenvalue weighted by atomic mass is 32.1. The van der Waals surface area contributed by atoms with Crippen LogP contribution in [-0.4, -0.2) is 28.8 Å². The molecule has 0 saturated heterocycles. The van der Waals surface area contributed by atoms with E-state index in [1.54, 1.807) is 11.8 Å². The summed E-state index contributed by atoms with van der Waals surface area (Å²) in [5.74, 6) is 1.47. The Balaban J connectivity index is 1.46. The molecule has 5 nitrogen and oxygen atoms in total. The van der Waals surface area contributed by atoms with Gasteiger partial charge in [-0.1, -0.05) is 36.4 Å². The van der Waals surface area contributed by atoms with Gasteiger partial charge in [-0.2, -0.15) is 0 Å². The van der Waals surface area contributed by atoms with Gasteiger partial charge in [0.25, 0.3) is 4.84 Å². The molecule has 1 atom stereocenters. The van der Waals surface area contributed by atoms with Crippen LogP contribution in [0, 0.1) is 4.84 Å². The van der Waals surface area contributed by atoms with Crippen LogP contribution >= 0.6 is 12.2 Å². The molecule has 2 aromatic carbocycles. The van der Waals surface area contributed by atoms with Gasteiger partial charge in [0.1, 0.15) is 5.75 Å². The van der Waals surface area contributed by atoms with Crippen molar-refractivity contribution in [3.05, 3.63) is 75.9 Å². The second-order valence-corrected chi connectivity index (χ2v) is 7.29. The Bertz CT molecular complexity index is 978. The summed E-state index contributed by atoms with van der Waals surface area (Å²) < 4.78 is 12.7. The molecular formula is C21H23N3O2S. The Kier molecular flexibility index (Phi) is 5.09. The molecule has 0 fully saturated rings. The Morgan fingerprint density at radius 2 is 2.00 bits per heavy atom. The summed E-state index contributed by atoms with van der Waals surface area (Å²) in [7, 11) is 3.78. The lowest BCUT2D eigenvalue weighted by atomic mass is 10.1. The van der Waals surface area contributed by atoms with Gasteiger partial charge in [-0.3, -0.25) is 4.90 Å². The van der Waals surface area contributed by atoms with E-state index in [-0.39, 0.29) is 0 Å². The zero-order valence-corrected chi connectivity index (χ0v) is 16.4. The number of nitrogens with zero attached hydrogens (tertiary/aromatic N) is 3. The van der Waals surface area contributed by atoms with Gasteiger partial charge >= 0.3 is 0 Å². The smallest absolute Gasteiger partial charge is 0.288 e. The molecule has 27 heavy (non-hydrogen) atoms. The van der Waals surface area contributed by atoms with Crippen molar-refractivity contribution in [2.45, 2.75) is 32.0 Å². The first kappa shape index (κ1) is 17.9. The molecule has 0 amide bonds. The zero-order valence-electron chi connectivity index (χ0n) is 15.6. The average molecular weight is 382 g/mol. The Morgan fingerprint density at radius 1 is 1.22 bits per heavy atom. The van der Waals surface area contributed by atoms with E-state index in [9.17, 15) is 0 Å². The maximum Gasteiger partial charge on any atom is 0.288 e. The van der Waals surface area contributed by atoms with Crippen molar-refractivity contribution in [1.82, 2.24) is 14.7 Å². The van der Waals surface area contributed by atoms with Crippen LogP contribution in [-0.2, 0) is 19.5 Å². The van der Waals surface area contributed by atoms with Crippen molar-refractivity contribution in [2.24, 2.45) is 0 Å². The lowest BCUT2D eigenvalue weighted by Crippen LogP contribution is -2.26. The van der Waals surface area contributed by atoms with Crippen LogP contribution in [0.1, 0.15) is 35.0 Å². The minimum atomic E-state index is 0.393. The number of aromatic nitrogens is 2. The van der Waals surface area contributed by atoms with Crippen LogP contribution in [0.15, 0.2) is 52.9 Å². The van der Waals surface area contributed by atoms with Crippen molar-refractivity contribution in [3.63, 3.8) is 0 Å². The van der Waals surface area contributed by atoms with Gasteiger partial charge < -0.3 is 9.15 Å². The van der Waals surface area contributed by atoms with E-state index in [0.717, 1.165) is 24.2 Å². The minimum absolute atomic E-state index is 0.393. The van der Waals surface area contributed by atoms with E-state index in [4.69, 9.17) is 21.4 Å². The van der Waals surface area contributed by atoms with E-state index >= 15 is 0 Å². The number of benzene rings is 2. The molecule has 0 bridgehead atoms. The fraction of sp³-hybridized carbons (Fsp3) is 0.333. The monoisotopic (exact) mass is 381 g/mol. The fourth-order valence-corrected chi connectivity index (χ4v) is 3.93. The summed E-state index contributed by atoms with van der Waals surface area (Å²) in [6, 6.07) is 17.0. The van der Waals surface area contributed by atoms with Crippen LogP contribution in [0.5, 0.6) is 5.75 Å². The van der Waals surface area contributed by atoms with Gasteiger partial charge in [0, 0.05) is 6.04 Å². The topological polar surface area (TPSA) is 43.4 Å². The number of ether oxygens (including phenoxy) is 1. The predicted octanol–water partition coefficient (Wildman–Crippen LogP) is 4.38. The Labute approximate surface area is 164 Å². The highest BCUT2D eigenvalue weighted by Crippen LogP contribution is 2.34. The molecule has 4 rings (SSSR count). The fourth-order valence-electron chi connectivity index (χ4n) is 3.73. The SMILES string of the molecule is COc1ccc(Cc2nn(CN(C)C3CCc4ccccc43)c(=S)o2)cc1. The van der Waals surface area contributed by atoms with Crippen LogP contribution in [0.2, 0.25) is 0 Å². The Hall–Kier alpha value is -2.44. The van der Waals surface area contributed by atoms with E-state index in [2.05, 4.69) is 41.3 Å². The second-order valence-electron chi connectivity index (χ2n) is 6.94. The van der Waals surface area contributed by atoms with E-state index in [0.29, 0.717) is 29.9 Å². The number of methoxy groups -OCH3 is 1. The van der Waals surface area contributed by atoms with Gasteiger partial charge in [0.2, 0.25) is 5.89 Å². The first-order valence-corrected chi connectivity index (χ1v) is 9.52. The third-order valence-electron chi connectivity index (χ3n) is 5.15. The molecule has 6 heteroatoms. The molecule has 0 saturated carbocycles.